The van der Waals surface area contributed by atoms with Gasteiger partial charge in [-0.25, -0.2) is 38.2 Å². The van der Waals surface area contributed by atoms with Crippen molar-refractivity contribution in [2.45, 2.75) is 64.0 Å². The lowest BCUT2D eigenvalue weighted by Crippen LogP contribution is -2.49. The van der Waals surface area contributed by atoms with Gasteiger partial charge in [-0.1, -0.05) is 5.16 Å². The number of carbonyl (C=O) groups is 1. The van der Waals surface area contributed by atoms with Crippen LogP contribution < -0.4 is 10.1 Å². The Balaban J connectivity index is 1.64. The Morgan fingerprint density at radius 2 is 1.88 bits per heavy atom. The van der Waals surface area contributed by atoms with E-state index in [9.17, 15) is 26.7 Å². The first-order chi connectivity index (χ1) is 19.5. The molecule has 1 N–H and O–H groups in total. The van der Waals surface area contributed by atoms with E-state index in [0.29, 0.717) is 0 Å². The van der Waals surface area contributed by atoms with Crippen LogP contribution in [0.25, 0.3) is 22.7 Å². The van der Waals surface area contributed by atoms with Gasteiger partial charge in [0.15, 0.2) is 18.5 Å². The molecule has 0 bridgehead atoms. The molecule has 0 spiro atoms. The van der Waals surface area contributed by atoms with E-state index in [1.54, 1.807) is 20.8 Å². The van der Waals surface area contributed by atoms with Gasteiger partial charge in [-0.2, -0.15) is 13.2 Å². The number of amidine groups is 1. The summed E-state index contributed by atoms with van der Waals surface area (Å²) < 4.78 is 101. The SMILES string of the molecule is CC(C)(C)OC(=O)NC1=N[C@](C)(c2cc(-c3cc(-c4cnc(OCC(F)F)cn4)no3)ccc2F)C[C@@H](C(F)(F)F)O1. The number of hydrogen-bond donors (Lipinski definition) is 1. The second kappa shape index (κ2) is 11.5. The second-order valence-electron chi connectivity index (χ2n) is 10.4. The minimum atomic E-state index is -4.87. The first-order valence-electron chi connectivity index (χ1n) is 12.4. The third kappa shape index (κ3) is 7.47. The lowest BCUT2D eigenvalue weighted by Gasteiger charge is -2.37. The third-order valence-electron chi connectivity index (χ3n) is 5.75. The Kier molecular flexibility index (Phi) is 8.36. The summed E-state index contributed by atoms with van der Waals surface area (Å²) in [7, 11) is 0. The van der Waals surface area contributed by atoms with Gasteiger partial charge < -0.3 is 18.7 Å². The van der Waals surface area contributed by atoms with Crippen LogP contribution in [0.1, 0.15) is 39.7 Å². The number of alkyl carbamates (subject to hydrolysis) is 1. The molecule has 4 rings (SSSR count). The topological polar surface area (TPSA) is 121 Å². The van der Waals surface area contributed by atoms with Crippen molar-refractivity contribution in [3.05, 3.63) is 48.0 Å². The maximum absolute atomic E-state index is 15.1. The van der Waals surface area contributed by atoms with Crippen molar-refractivity contribution in [3.63, 3.8) is 0 Å². The van der Waals surface area contributed by atoms with Crippen LogP contribution in [-0.2, 0) is 15.0 Å². The van der Waals surface area contributed by atoms with Crippen LogP contribution in [0.4, 0.5) is 31.1 Å². The summed E-state index contributed by atoms with van der Waals surface area (Å²) in [6.07, 6.45) is -9.55. The monoisotopic (exact) mass is 601 g/mol. The van der Waals surface area contributed by atoms with Gasteiger partial charge >= 0.3 is 12.3 Å². The van der Waals surface area contributed by atoms with Gasteiger partial charge in [-0.15, -0.1) is 0 Å². The van der Waals surface area contributed by atoms with Gasteiger partial charge in [0.1, 0.15) is 22.8 Å². The maximum Gasteiger partial charge on any atom is 0.425 e. The van der Waals surface area contributed by atoms with Crippen LogP contribution in [0.2, 0.25) is 0 Å². The Morgan fingerprint density at radius 1 is 1.14 bits per heavy atom. The molecular formula is C26H25F6N5O5. The van der Waals surface area contributed by atoms with Crippen LogP contribution in [0.15, 0.2) is 46.2 Å². The molecule has 226 valence electrons. The molecule has 42 heavy (non-hydrogen) atoms. The standard InChI is InChI=1S/C26H25F6N5O5/c1-24(2,3)41-23(38)35-22-36-25(4,9-19(40-22)26(30,31)32)14-7-13(5-6-15(14)27)18-8-16(37-42-18)17-10-34-21(11-33-17)39-12-20(28)29/h5-8,10-11,19-20H,9,12H2,1-4H3,(H,35,36,38)/t19-,25-/m0/s1. The van der Waals surface area contributed by atoms with Crippen LogP contribution in [0.3, 0.4) is 0 Å². The highest BCUT2D eigenvalue weighted by Gasteiger charge is 2.50. The van der Waals surface area contributed by atoms with E-state index in [-0.39, 0.29) is 34.2 Å². The summed E-state index contributed by atoms with van der Waals surface area (Å²) >= 11 is 0. The molecule has 0 saturated heterocycles. The highest BCUT2D eigenvalue weighted by atomic mass is 19.4. The highest BCUT2D eigenvalue weighted by Crippen LogP contribution is 2.42. The summed E-state index contributed by atoms with van der Waals surface area (Å²) in [4.78, 5) is 24.2. The predicted molar refractivity (Wildman–Crippen MR) is 134 cm³/mol. The minimum Gasteiger partial charge on any atom is -0.470 e. The Hall–Kier alpha value is -4.37. The van der Waals surface area contributed by atoms with Gasteiger partial charge in [-0.05, 0) is 45.9 Å². The molecule has 1 aromatic carbocycles. The van der Waals surface area contributed by atoms with Crippen molar-refractivity contribution >= 4 is 12.1 Å². The van der Waals surface area contributed by atoms with Crippen LogP contribution in [0, 0.1) is 5.82 Å². The summed E-state index contributed by atoms with van der Waals surface area (Å²) in [6, 6.07) is 4.24. The Bertz CT molecular complexity index is 1450. The molecule has 0 fully saturated rings. The number of halogens is 6. The largest absolute Gasteiger partial charge is 0.470 e. The zero-order valence-electron chi connectivity index (χ0n) is 22.6. The van der Waals surface area contributed by atoms with E-state index in [1.807, 2.05) is 0 Å². The Morgan fingerprint density at radius 3 is 2.50 bits per heavy atom. The molecule has 0 aliphatic carbocycles. The fourth-order valence-corrected chi connectivity index (χ4v) is 3.93. The number of alkyl halides is 5. The summed E-state index contributed by atoms with van der Waals surface area (Å²) in [6.45, 7) is 5.09. The average molecular weight is 602 g/mol. The maximum atomic E-state index is 15.1. The van der Waals surface area contributed by atoms with E-state index in [4.69, 9.17) is 18.7 Å². The third-order valence-corrected chi connectivity index (χ3v) is 5.75. The molecule has 1 aliphatic rings. The van der Waals surface area contributed by atoms with Crippen molar-refractivity contribution < 1.29 is 49.9 Å². The second-order valence-corrected chi connectivity index (χ2v) is 10.4. The number of aliphatic imine (C=N–C) groups is 1. The molecule has 0 saturated carbocycles. The van der Waals surface area contributed by atoms with Crippen LogP contribution >= 0.6 is 0 Å². The molecule has 16 heteroatoms. The number of aromatic nitrogens is 3. The summed E-state index contributed by atoms with van der Waals surface area (Å²) in [5.74, 6) is -0.895. The van der Waals surface area contributed by atoms with E-state index in [2.05, 4.69) is 25.4 Å². The first kappa shape index (κ1) is 30.6. The lowest BCUT2D eigenvalue weighted by molar-refractivity contribution is -0.208. The molecule has 3 aromatic rings. The molecule has 1 amide bonds. The van der Waals surface area contributed by atoms with Gasteiger partial charge in [0.05, 0.1) is 17.9 Å². The average Bonchev–Trinajstić information content (AvgIpc) is 3.36. The zero-order chi connectivity index (χ0) is 30.9. The zero-order valence-corrected chi connectivity index (χ0v) is 22.6. The van der Waals surface area contributed by atoms with E-state index in [1.165, 1.54) is 31.3 Å². The molecule has 3 heterocycles. The number of rotatable bonds is 6. The van der Waals surface area contributed by atoms with Crippen LogP contribution in [0.5, 0.6) is 5.88 Å². The normalized spacial score (nSPS) is 19.2. The smallest absolute Gasteiger partial charge is 0.425 e. The highest BCUT2D eigenvalue weighted by molar-refractivity contribution is 5.91. The minimum absolute atomic E-state index is 0.102. The molecular weight excluding hydrogens is 576 g/mol. The fraction of sp³-hybridized carbons (Fsp3) is 0.423. The van der Waals surface area contributed by atoms with E-state index < -0.39 is 60.8 Å². The first-order valence-corrected chi connectivity index (χ1v) is 12.4. The number of nitrogens with zero attached hydrogens (tertiary/aromatic N) is 4. The number of amides is 1. The molecule has 2 atom stereocenters. The summed E-state index contributed by atoms with van der Waals surface area (Å²) in [5, 5.41) is 5.94. The lowest BCUT2D eigenvalue weighted by atomic mass is 9.84. The molecule has 0 radical (unpaired) electrons. The van der Waals surface area contributed by atoms with E-state index in [0.717, 1.165) is 12.3 Å². The molecule has 0 unspecified atom stereocenters. The quantitative estimate of drug-likeness (QED) is 0.340. The van der Waals surface area contributed by atoms with Crippen molar-refractivity contribution in [3.8, 4) is 28.6 Å². The molecule has 10 nitrogen and oxygen atoms in total. The fourth-order valence-electron chi connectivity index (χ4n) is 3.93. The van der Waals surface area contributed by atoms with Gasteiger partial charge in [0.25, 0.3) is 12.4 Å². The molecule has 1 aliphatic heterocycles. The van der Waals surface area contributed by atoms with E-state index >= 15 is 4.39 Å². The van der Waals surface area contributed by atoms with Crippen LogP contribution in [-0.4, -0.2) is 58.2 Å². The number of carbonyl (C=O) groups excluding carboxylic acids is 1. The van der Waals surface area contributed by atoms with Gasteiger partial charge in [0, 0.05) is 23.6 Å². The van der Waals surface area contributed by atoms with Crippen molar-refractivity contribution in [1.29, 1.82) is 0 Å². The molecule has 2 aromatic heterocycles. The number of hydrogen-bond acceptors (Lipinski definition) is 9. The number of benzene rings is 1. The van der Waals surface area contributed by atoms with Gasteiger partial charge in [0.2, 0.25) is 5.88 Å². The number of nitrogens with one attached hydrogen (secondary N) is 1. The van der Waals surface area contributed by atoms with Crippen molar-refractivity contribution in [1.82, 2.24) is 20.4 Å². The predicted octanol–water partition coefficient (Wildman–Crippen LogP) is 6.03. The van der Waals surface area contributed by atoms with Gasteiger partial charge in [-0.3, -0.25) is 0 Å². The Labute approximate surface area is 235 Å². The summed E-state index contributed by atoms with van der Waals surface area (Å²) in [5.41, 5.74) is -2.42. The van der Waals surface area contributed by atoms with Crippen molar-refractivity contribution in [2.24, 2.45) is 4.99 Å². The van der Waals surface area contributed by atoms with Crippen molar-refractivity contribution in [2.75, 3.05) is 6.61 Å². The number of ether oxygens (including phenoxy) is 3.